The van der Waals surface area contributed by atoms with Crippen molar-refractivity contribution in [2.24, 2.45) is 0 Å². The number of rotatable bonds is 2. The highest BCUT2D eigenvalue weighted by Gasteiger charge is 2.05. The van der Waals surface area contributed by atoms with E-state index in [0.717, 1.165) is 20.3 Å². The highest BCUT2D eigenvalue weighted by atomic mass is 32.2. The molecule has 4 heteroatoms. The quantitative estimate of drug-likeness (QED) is 0.648. The van der Waals surface area contributed by atoms with E-state index in [1.54, 1.807) is 23.1 Å². The molecule has 0 fully saturated rings. The van der Waals surface area contributed by atoms with E-state index in [4.69, 9.17) is 0 Å². The van der Waals surface area contributed by atoms with Crippen molar-refractivity contribution in [1.29, 1.82) is 0 Å². The van der Waals surface area contributed by atoms with Gasteiger partial charge in [0.25, 0.3) is 0 Å². The Morgan fingerprint density at radius 1 is 1.12 bits per heavy atom. The van der Waals surface area contributed by atoms with Crippen molar-refractivity contribution in [2.75, 3.05) is 6.26 Å². The average Bonchev–Trinajstić information content (AvgIpc) is 2.81. The number of benzene rings is 1. The first-order valence-electron chi connectivity index (χ1n) is 5.23. The molecule has 2 heterocycles. The molecule has 1 aromatic carbocycles. The standard InChI is InChI=1S/C13H10N2S2/c1-16-13-15-12-11(17-13)7-10(8-14-12)9-5-3-2-4-6-9/h2-8H,1H3. The van der Waals surface area contributed by atoms with Crippen LogP contribution in [0.2, 0.25) is 0 Å². The second-order valence-electron chi connectivity index (χ2n) is 3.60. The fourth-order valence-electron chi connectivity index (χ4n) is 1.68. The normalized spacial score (nSPS) is 10.9. The summed E-state index contributed by atoms with van der Waals surface area (Å²) in [4.78, 5) is 8.85. The number of hydrogen-bond acceptors (Lipinski definition) is 4. The lowest BCUT2D eigenvalue weighted by Gasteiger charge is -1.99. The second-order valence-corrected chi connectivity index (χ2v) is 5.68. The zero-order valence-electron chi connectivity index (χ0n) is 9.25. The number of nitrogens with zero attached hydrogens (tertiary/aromatic N) is 2. The number of pyridine rings is 1. The molecule has 0 aliphatic heterocycles. The Labute approximate surface area is 108 Å². The summed E-state index contributed by atoms with van der Waals surface area (Å²) in [6.45, 7) is 0. The molecule has 0 bridgehead atoms. The summed E-state index contributed by atoms with van der Waals surface area (Å²) in [6, 6.07) is 12.5. The number of aromatic nitrogens is 2. The second kappa shape index (κ2) is 4.47. The molecule has 2 aromatic heterocycles. The van der Waals surface area contributed by atoms with Crippen molar-refractivity contribution < 1.29 is 0 Å². The Morgan fingerprint density at radius 3 is 2.71 bits per heavy atom. The summed E-state index contributed by atoms with van der Waals surface area (Å²) in [7, 11) is 0. The molecule has 0 spiro atoms. The van der Waals surface area contributed by atoms with Crippen molar-refractivity contribution in [3.05, 3.63) is 42.6 Å². The molecule has 0 amide bonds. The van der Waals surface area contributed by atoms with E-state index in [0.29, 0.717) is 0 Å². The molecule has 0 aliphatic carbocycles. The van der Waals surface area contributed by atoms with E-state index in [-0.39, 0.29) is 0 Å². The Morgan fingerprint density at radius 2 is 1.94 bits per heavy atom. The number of thiazole rings is 1. The van der Waals surface area contributed by atoms with Crippen LogP contribution in [-0.4, -0.2) is 16.2 Å². The van der Waals surface area contributed by atoms with Gasteiger partial charge in [0.15, 0.2) is 9.99 Å². The molecule has 17 heavy (non-hydrogen) atoms. The van der Waals surface area contributed by atoms with Gasteiger partial charge < -0.3 is 0 Å². The van der Waals surface area contributed by atoms with Crippen molar-refractivity contribution in [3.63, 3.8) is 0 Å². The van der Waals surface area contributed by atoms with Gasteiger partial charge >= 0.3 is 0 Å². The lowest BCUT2D eigenvalue weighted by molar-refractivity contribution is 1.24. The summed E-state index contributed by atoms with van der Waals surface area (Å²) >= 11 is 3.36. The first-order chi connectivity index (χ1) is 8.36. The van der Waals surface area contributed by atoms with Gasteiger partial charge in [0, 0.05) is 11.8 Å². The summed E-state index contributed by atoms with van der Waals surface area (Å²) in [6.07, 6.45) is 3.93. The van der Waals surface area contributed by atoms with Crippen LogP contribution in [-0.2, 0) is 0 Å². The Bertz CT molecular complexity index is 647. The van der Waals surface area contributed by atoms with E-state index >= 15 is 0 Å². The smallest absolute Gasteiger partial charge is 0.171 e. The van der Waals surface area contributed by atoms with Crippen LogP contribution in [0.3, 0.4) is 0 Å². The van der Waals surface area contributed by atoms with Crippen LogP contribution < -0.4 is 0 Å². The van der Waals surface area contributed by atoms with Crippen molar-refractivity contribution in [3.8, 4) is 11.1 Å². The van der Waals surface area contributed by atoms with Gasteiger partial charge in [-0.2, -0.15) is 0 Å². The summed E-state index contributed by atoms with van der Waals surface area (Å²) in [5.74, 6) is 0. The third-order valence-corrected chi connectivity index (χ3v) is 4.49. The van der Waals surface area contributed by atoms with Crippen LogP contribution >= 0.6 is 23.1 Å². The van der Waals surface area contributed by atoms with Gasteiger partial charge in [-0.15, -0.1) is 11.3 Å². The summed E-state index contributed by atoms with van der Waals surface area (Å²) < 4.78 is 2.22. The Hall–Kier alpha value is -1.39. The third kappa shape index (κ3) is 2.06. The predicted molar refractivity (Wildman–Crippen MR) is 74.6 cm³/mol. The largest absolute Gasteiger partial charge is 0.235 e. The van der Waals surface area contributed by atoms with E-state index in [9.17, 15) is 0 Å². The number of hydrogen-bond donors (Lipinski definition) is 0. The van der Waals surface area contributed by atoms with E-state index in [1.807, 2.05) is 30.7 Å². The molecular weight excluding hydrogens is 248 g/mol. The molecule has 0 aliphatic rings. The maximum atomic E-state index is 4.44. The molecule has 0 saturated carbocycles. The number of thioether (sulfide) groups is 1. The summed E-state index contributed by atoms with van der Waals surface area (Å²) in [5, 5.41) is 0. The zero-order valence-corrected chi connectivity index (χ0v) is 10.9. The molecule has 0 atom stereocenters. The first kappa shape index (κ1) is 10.7. The van der Waals surface area contributed by atoms with Crippen molar-refractivity contribution in [2.45, 2.75) is 4.34 Å². The predicted octanol–water partition coefficient (Wildman–Crippen LogP) is 4.08. The summed E-state index contributed by atoms with van der Waals surface area (Å²) in [5.41, 5.74) is 3.19. The fraction of sp³-hybridized carbons (Fsp3) is 0.0769. The van der Waals surface area contributed by atoms with E-state index in [2.05, 4.69) is 28.2 Å². The Balaban J connectivity index is 2.13. The van der Waals surface area contributed by atoms with Crippen LogP contribution in [0.4, 0.5) is 0 Å². The van der Waals surface area contributed by atoms with Gasteiger partial charge in [-0.25, -0.2) is 9.97 Å². The molecule has 0 radical (unpaired) electrons. The highest BCUT2D eigenvalue weighted by Crippen LogP contribution is 2.30. The molecule has 3 rings (SSSR count). The molecule has 3 aromatic rings. The van der Waals surface area contributed by atoms with Gasteiger partial charge in [-0.1, -0.05) is 42.1 Å². The molecule has 0 unspecified atom stereocenters. The number of fused-ring (bicyclic) bond motifs is 1. The van der Waals surface area contributed by atoms with Gasteiger partial charge in [0.05, 0.1) is 4.70 Å². The monoisotopic (exact) mass is 258 g/mol. The van der Waals surface area contributed by atoms with Crippen LogP contribution in [0, 0.1) is 0 Å². The molecule has 0 saturated heterocycles. The molecule has 2 nitrogen and oxygen atoms in total. The van der Waals surface area contributed by atoms with Crippen LogP contribution in [0.15, 0.2) is 46.9 Å². The molecule has 0 N–H and O–H groups in total. The lowest BCUT2D eigenvalue weighted by Crippen LogP contribution is -1.80. The van der Waals surface area contributed by atoms with Gasteiger partial charge in [0.2, 0.25) is 0 Å². The maximum absolute atomic E-state index is 4.44. The van der Waals surface area contributed by atoms with Gasteiger partial charge in [-0.3, -0.25) is 0 Å². The molecule has 84 valence electrons. The minimum Gasteiger partial charge on any atom is -0.235 e. The topological polar surface area (TPSA) is 25.8 Å². The first-order valence-corrected chi connectivity index (χ1v) is 7.27. The highest BCUT2D eigenvalue weighted by molar-refractivity contribution is 8.00. The van der Waals surface area contributed by atoms with Gasteiger partial charge in [0.1, 0.15) is 0 Å². The lowest BCUT2D eigenvalue weighted by atomic mass is 10.1. The minimum absolute atomic E-state index is 0.846. The fourth-order valence-corrected chi connectivity index (χ4v) is 3.15. The Kier molecular flexibility index (Phi) is 2.82. The van der Waals surface area contributed by atoms with Crippen LogP contribution in [0.5, 0.6) is 0 Å². The van der Waals surface area contributed by atoms with E-state index in [1.165, 1.54) is 5.56 Å². The third-order valence-electron chi connectivity index (χ3n) is 2.51. The SMILES string of the molecule is CSc1nc2ncc(-c3ccccc3)cc2s1. The van der Waals surface area contributed by atoms with E-state index < -0.39 is 0 Å². The van der Waals surface area contributed by atoms with Crippen LogP contribution in [0.25, 0.3) is 21.5 Å². The van der Waals surface area contributed by atoms with Crippen LogP contribution in [0.1, 0.15) is 0 Å². The van der Waals surface area contributed by atoms with Gasteiger partial charge in [-0.05, 0) is 17.9 Å². The molecular formula is C13H10N2S2. The maximum Gasteiger partial charge on any atom is 0.171 e. The van der Waals surface area contributed by atoms with Crippen molar-refractivity contribution >= 4 is 33.4 Å². The van der Waals surface area contributed by atoms with Crippen molar-refractivity contribution in [1.82, 2.24) is 9.97 Å². The average molecular weight is 258 g/mol. The zero-order chi connectivity index (χ0) is 11.7. The minimum atomic E-state index is 0.846.